The molecule has 1 N–H and O–H groups in total. The quantitative estimate of drug-likeness (QED) is 0.853. The average Bonchev–Trinajstić information content (AvgIpc) is 3.03. The van der Waals surface area contributed by atoms with Crippen LogP contribution in [0.4, 0.5) is 0 Å². The first-order valence-electron chi connectivity index (χ1n) is 7.64. The van der Waals surface area contributed by atoms with E-state index >= 15 is 0 Å². The van der Waals surface area contributed by atoms with Crippen LogP contribution < -0.4 is 19.5 Å². The van der Waals surface area contributed by atoms with Gasteiger partial charge in [-0.15, -0.1) is 0 Å². The molecule has 3 rings (SSSR count). The Morgan fingerprint density at radius 1 is 1.09 bits per heavy atom. The lowest BCUT2D eigenvalue weighted by Crippen LogP contribution is -2.27. The second-order valence-corrected chi connectivity index (χ2v) is 5.20. The zero-order chi connectivity index (χ0) is 15.9. The topological polar surface area (TPSA) is 56.8 Å². The van der Waals surface area contributed by atoms with Gasteiger partial charge < -0.3 is 19.5 Å². The second kappa shape index (κ2) is 7.54. The molecule has 0 saturated heterocycles. The summed E-state index contributed by atoms with van der Waals surface area (Å²) >= 11 is 0. The molecule has 0 spiro atoms. The molecule has 0 bridgehead atoms. The number of ether oxygens (including phenoxy) is 3. The number of nitrogens with one attached hydrogen (secondary N) is 1. The minimum atomic E-state index is -0.0123. The highest BCUT2D eigenvalue weighted by atomic mass is 16.7. The van der Waals surface area contributed by atoms with Gasteiger partial charge in [0.1, 0.15) is 5.75 Å². The summed E-state index contributed by atoms with van der Waals surface area (Å²) in [6, 6.07) is 15.3. The van der Waals surface area contributed by atoms with Crippen molar-refractivity contribution in [2.45, 2.75) is 12.8 Å². The molecule has 0 aliphatic carbocycles. The van der Waals surface area contributed by atoms with E-state index in [1.54, 1.807) is 0 Å². The van der Waals surface area contributed by atoms with Gasteiger partial charge in [0.25, 0.3) is 0 Å². The Labute approximate surface area is 135 Å². The van der Waals surface area contributed by atoms with E-state index in [2.05, 4.69) is 5.32 Å². The van der Waals surface area contributed by atoms with Crippen molar-refractivity contribution in [1.29, 1.82) is 0 Å². The number of hydrogen-bond donors (Lipinski definition) is 1. The van der Waals surface area contributed by atoms with Crippen molar-refractivity contribution >= 4 is 5.91 Å². The average molecular weight is 313 g/mol. The maximum atomic E-state index is 11.8. The zero-order valence-electron chi connectivity index (χ0n) is 12.8. The fourth-order valence-corrected chi connectivity index (χ4v) is 2.31. The number of carbonyl (C=O) groups is 1. The monoisotopic (exact) mass is 313 g/mol. The Kier molecular flexibility index (Phi) is 4.99. The molecule has 1 aliphatic rings. The van der Waals surface area contributed by atoms with E-state index < -0.39 is 0 Å². The standard InChI is InChI=1S/C18H19NO4/c20-18(9-11-21-15-4-2-1-3-5-15)19-10-8-14-6-7-16-17(12-14)23-13-22-16/h1-7,12H,8-11,13H2,(H,19,20). The van der Waals surface area contributed by atoms with Crippen LogP contribution in [-0.4, -0.2) is 25.9 Å². The van der Waals surface area contributed by atoms with Crippen molar-refractivity contribution in [1.82, 2.24) is 5.32 Å². The first kappa shape index (κ1) is 15.2. The Hall–Kier alpha value is -2.69. The van der Waals surface area contributed by atoms with Crippen LogP contribution in [0.2, 0.25) is 0 Å². The van der Waals surface area contributed by atoms with Gasteiger partial charge in [-0.05, 0) is 36.2 Å². The van der Waals surface area contributed by atoms with Gasteiger partial charge in [-0.2, -0.15) is 0 Å². The third-order valence-corrected chi connectivity index (χ3v) is 3.51. The molecule has 0 fully saturated rings. The van der Waals surface area contributed by atoms with Gasteiger partial charge in [0.05, 0.1) is 13.0 Å². The van der Waals surface area contributed by atoms with Gasteiger partial charge in [0.15, 0.2) is 11.5 Å². The maximum Gasteiger partial charge on any atom is 0.231 e. The molecule has 0 unspecified atom stereocenters. The lowest BCUT2D eigenvalue weighted by molar-refractivity contribution is -0.121. The molecule has 120 valence electrons. The van der Waals surface area contributed by atoms with E-state index in [1.807, 2.05) is 48.5 Å². The number of carbonyl (C=O) groups excluding carboxylic acids is 1. The Morgan fingerprint density at radius 3 is 2.78 bits per heavy atom. The number of rotatable bonds is 7. The van der Waals surface area contributed by atoms with Crippen LogP contribution >= 0.6 is 0 Å². The number of benzene rings is 2. The minimum absolute atomic E-state index is 0.0123. The molecule has 1 amide bonds. The van der Waals surface area contributed by atoms with Crippen molar-refractivity contribution in [3.8, 4) is 17.2 Å². The molecular formula is C18H19NO4. The summed E-state index contributed by atoms with van der Waals surface area (Å²) in [6.45, 7) is 1.24. The van der Waals surface area contributed by atoms with Crippen molar-refractivity contribution in [3.05, 3.63) is 54.1 Å². The van der Waals surface area contributed by atoms with E-state index in [0.29, 0.717) is 19.6 Å². The Morgan fingerprint density at radius 2 is 1.91 bits per heavy atom. The molecule has 0 saturated carbocycles. The molecule has 2 aromatic carbocycles. The molecule has 1 heterocycles. The SMILES string of the molecule is O=C(CCOc1ccccc1)NCCc1ccc2c(c1)OCO2. The fraction of sp³-hybridized carbons (Fsp3) is 0.278. The molecule has 1 aliphatic heterocycles. The summed E-state index contributed by atoms with van der Waals surface area (Å²) in [7, 11) is 0. The smallest absolute Gasteiger partial charge is 0.231 e. The fourth-order valence-electron chi connectivity index (χ4n) is 2.31. The molecule has 5 nitrogen and oxygen atoms in total. The van der Waals surface area contributed by atoms with Gasteiger partial charge in [-0.1, -0.05) is 24.3 Å². The Balaban J connectivity index is 1.34. The van der Waals surface area contributed by atoms with Crippen LogP contribution in [0.1, 0.15) is 12.0 Å². The van der Waals surface area contributed by atoms with Gasteiger partial charge in [-0.3, -0.25) is 4.79 Å². The van der Waals surface area contributed by atoms with Crippen molar-refractivity contribution < 1.29 is 19.0 Å². The van der Waals surface area contributed by atoms with E-state index in [9.17, 15) is 4.79 Å². The van der Waals surface area contributed by atoms with Gasteiger partial charge in [-0.25, -0.2) is 0 Å². The summed E-state index contributed by atoms with van der Waals surface area (Å²) in [4.78, 5) is 11.8. The summed E-state index contributed by atoms with van der Waals surface area (Å²) < 4.78 is 16.1. The predicted octanol–water partition coefficient (Wildman–Crippen LogP) is 2.54. The zero-order valence-corrected chi connectivity index (χ0v) is 12.8. The maximum absolute atomic E-state index is 11.8. The Bertz CT molecular complexity index is 657. The molecule has 5 heteroatoms. The normalized spacial score (nSPS) is 12.0. The molecular weight excluding hydrogens is 294 g/mol. The molecule has 0 aromatic heterocycles. The summed E-state index contributed by atoms with van der Waals surface area (Å²) in [5.74, 6) is 2.31. The molecule has 2 aromatic rings. The first-order valence-corrected chi connectivity index (χ1v) is 7.64. The number of fused-ring (bicyclic) bond motifs is 1. The minimum Gasteiger partial charge on any atom is -0.493 e. The number of amides is 1. The first-order chi connectivity index (χ1) is 11.3. The van der Waals surface area contributed by atoms with Crippen molar-refractivity contribution in [2.24, 2.45) is 0 Å². The molecule has 23 heavy (non-hydrogen) atoms. The van der Waals surface area contributed by atoms with Crippen LogP contribution in [0.15, 0.2) is 48.5 Å². The van der Waals surface area contributed by atoms with E-state index in [-0.39, 0.29) is 12.7 Å². The van der Waals surface area contributed by atoms with Crippen LogP contribution in [0.3, 0.4) is 0 Å². The van der Waals surface area contributed by atoms with Crippen LogP contribution in [0, 0.1) is 0 Å². The highest BCUT2D eigenvalue weighted by Gasteiger charge is 2.13. The third kappa shape index (κ3) is 4.39. The molecule has 0 radical (unpaired) electrons. The largest absolute Gasteiger partial charge is 0.493 e. The van der Waals surface area contributed by atoms with Crippen LogP contribution in [0.5, 0.6) is 17.2 Å². The predicted molar refractivity (Wildman–Crippen MR) is 85.8 cm³/mol. The lowest BCUT2D eigenvalue weighted by Gasteiger charge is -2.07. The van der Waals surface area contributed by atoms with Gasteiger partial charge >= 0.3 is 0 Å². The summed E-state index contributed by atoms with van der Waals surface area (Å²) in [6.07, 6.45) is 1.10. The molecule has 0 atom stereocenters. The van der Waals surface area contributed by atoms with Gasteiger partial charge in [0.2, 0.25) is 12.7 Å². The summed E-state index contributed by atoms with van der Waals surface area (Å²) in [5.41, 5.74) is 1.11. The van der Waals surface area contributed by atoms with E-state index in [1.165, 1.54) is 0 Å². The van der Waals surface area contributed by atoms with Crippen LogP contribution in [0.25, 0.3) is 0 Å². The lowest BCUT2D eigenvalue weighted by atomic mass is 10.1. The highest BCUT2D eigenvalue weighted by molar-refractivity contribution is 5.76. The van der Waals surface area contributed by atoms with Crippen molar-refractivity contribution in [2.75, 3.05) is 19.9 Å². The van der Waals surface area contributed by atoms with Gasteiger partial charge in [0, 0.05) is 6.54 Å². The van der Waals surface area contributed by atoms with E-state index in [0.717, 1.165) is 29.2 Å². The summed E-state index contributed by atoms with van der Waals surface area (Å²) in [5, 5.41) is 2.89. The highest BCUT2D eigenvalue weighted by Crippen LogP contribution is 2.32. The van der Waals surface area contributed by atoms with Crippen LogP contribution in [-0.2, 0) is 11.2 Å². The number of hydrogen-bond acceptors (Lipinski definition) is 4. The third-order valence-electron chi connectivity index (χ3n) is 3.51. The second-order valence-electron chi connectivity index (χ2n) is 5.20. The van der Waals surface area contributed by atoms with E-state index in [4.69, 9.17) is 14.2 Å². The van der Waals surface area contributed by atoms with Crippen molar-refractivity contribution in [3.63, 3.8) is 0 Å². The number of para-hydroxylation sites is 1.